The fourth-order valence-electron chi connectivity index (χ4n) is 3.44. The molecule has 0 fully saturated rings. The summed E-state index contributed by atoms with van der Waals surface area (Å²) in [5.74, 6) is -1.09. The van der Waals surface area contributed by atoms with E-state index in [2.05, 4.69) is 25.6 Å². The van der Waals surface area contributed by atoms with Gasteiger partial charge in [0.25, 0.3) is 5.91 Å². The summed E-state index contributed by atoms with van der Waals surface area (Å²) in [4.78, 5) is 34.9. The van der Waals surface area contributed by atoms with E-state index in [0.29, 0.717) is 22.9 Å². The number of imidazole rings is 1. The molecule has 0 saturated carbocycles. The van der Waals surface area contributed by atoms with Gasteiger partial charge in [-0.3, -0.25) is 14.6 Å². The van der Waals surface area contributed by atoms with Crippen molar-refractivity contribution in [1.29, 1.82) is 0 Å². The molecule has 178 valence electrons. The Morgan fingerprint density at radius 2 is 1.80 bits per heavy atom. The maximum absolute atomic E-state index is 13.2. The molecule has 0 aliphatic carbocycles. The number of carboxylic acids is 1. The first-order valence-electron chi connectivity index (χ1n) is 10.5. The topological polar surface area (TPSA) is 154 Å². The van der Waals surface area contributed by atoms with Gasteiger partial charge in [0.1, 0.15) is 5.25 Å². The van der Waals surface area contributed by atoms with Crippen LogP contribution in [0.3, 0.4) is 0 Å². The molecule has 4 aromatic rings. The largest absolute Gasteiger partial charge is 0.481 e. The molecule has 2 aromatic heterocycles. The highest BCUT2D eigenvalue weighted by Crippen LogP contribution is 2.32. The molecule has 0 radical (unpaired) electrons. The maximum Gasteiger partial charge on any atom is 0.305 e. The second kappa shape index (κ2) is 10.2. The van der Waals surface area contributed by atoms with E-state index in [1.807, 2.05) is 0 Å². The van der Waals surface area contributed by atoms with E-state index in [0.717, 1.165) is 0 Å². The monoisotopic (exact) mass is 491 g/mol. The molecule has 35 heavy (non-hydrogen) atoms. The number of hydrogen-bond donors (Lipinski definition) is 4. The molecule has 0 aliphatic heterocycles. The summed E-state index contributed by atoms with van der Waals surface area (Å²) in [5.41, 5.74) is 1.72. The SMILES string of the molecule is O=C(O)CC(c1cccnc1)S(=O)(=O)c1ccc(NC(=O)c2cccc(Nc3ncc[nH]3)c2)cc1. The Hall–Kier alpha value is -4.51. The Morgan fingerprint density at radius 1 is 1.00 bits per heavy atom. The van der Waals surface area contributed by atoms with Gasteiger partial charge >= 0.3 is 5.97 Å². The number of carbonyl (C=O) groups excluding carboxylic acids is 1. The van der Waals surface area contributed by atoms with Gasteiger partial charge in [-0.1, -0.05) is 12.1 Å². The fraction of sp³-hybridized carbons (Fsp3) is 0.0833. The Labute approximate surface area is 201 Å². The fourth-order valence-corrected chi connectivity index (χ4v) is 5.14. The van der Waals surface area contributed by atoms with Crippen LogP contribution in [-0.2, 0) is 14.6 Å². The lowest BCUT2D eigenvalue weighted by Crippen LogP contribution is -2.18. The number of pyridine rings is 1. The van der Waals surface area contributed by atoms with Crippen LogP contribution in [0.1, 0.15) is 27.6 Å². The lowest BCUT2D eigenvalue weighted by Gasteiger charge is -2.16. The second-order valence-corrected chi connectivity index (χ2v) is 9.67. The van der Waals surface area contributed by atoms with E-state index in [1.165, 1.54) is 42.7 Å². The Bertz CT molecular complexity index is 1420. The van der Waals surface area contributed by atoms with E-state index >= 15 is 0 Å². The predicted molar refractivity (Wildman–Crippen MR) is 129 cm³/mol. The van der Waals surface area contributed by atoms with Crippen LogP contribution >= 0.6 is 0 Å². The third-order valence-corrected chi connectivity index (χ3v) is 7.23. The zero-order valence-electron chi connectivity index (χ0n) is 18.3. The van der Waals surface area contributed by atoms with E-state index in [9.17, 15) is 23.1 Å². The van der Waals surface area contributed by atoms with Crippen molar-refractivity contribution in [1.82, 2.24) is 15.0 Å². The quantitative estimate of drug-likeness (QED) is 0.276. The van der Waals surface area contributed by atoms with E-state index in [4.69, 9.17) is 0 Å². The van der Waals surface area contributed by atoms with E-state index < -0.39 is 27.5 Å². The third-order valence-electron chi connectivity index (χ3n) is 5.12. The van der Waals surface area contributed by atoms with Crippen LogP contribution < -0.4 is 10.6 Å². The molecule has 0 aliphatic rings. The van der Waals surface area contributed by atoms with Crippen LogP contribution in [0.15, 0.2) is 90.3 Å². The van der Waals surface area contributed by atoms with Gasteiger partial charge in [-0.25, -0.2) is 13.4 Å². The first kappa shape index (κ1) is 23.6. The number of rotatable bonds is 9. The highest BCUT2D eigenvalue weighted by atomic mass is 32.2. The first-order valence-corrected chi connectivity index (χ1v) is 12.0. The number of benzene rings is 2. The van der Waals surface area contributed by atoms with Gasteiger partial charge in [0.2, 0.25) is 5.95 Å². The number of sulfone groups is 1. The Morgan fingerprint density at radius 3 is 2.46 bits per heavy atom. The molecule has 1 unspecified atom stereocenters. The molecule has 1 amide bonds. The number of carbonyl (C=O) groups is 2. The van der Waals surface area contributed by atoms with Gasteiger partial charge < -0.3 is 20.7 Å². The number of carboxylic acid groups (broad SMARTS) is 1. The zero-order chi connectivity index (χ0) is 24.8. The van der Waals surface area contributed by atoms with Gasteiger partial charge in [-0.05, 0) is 54.1 Å². The van der Waals surface area contributed by atoms with Crippen molar-refractivity contribution in [3.8, 4) is 0 Å². The Kier molecular flexibility index (Phi) is 6.88. The molecule has 0 bridgehead atoms. The number of hydrogen-bond acceptors (Lipinski definition) is 7. The van der Waals surface area contributed by atoms with E-state index in [1.54, 1.807) is 42.7 Å². The maximum atomic E-state index is 13.2. The van der Waals surface area contributed by atoms with Crippen molar-refractivity contribution >= 4 is 39.0 Å². The summed E-state index contributed by atoms with van der Waals surface area (Å²) in [7, 11) is -4.03. The molecule has 10 nitrogen and oxygen atoms in total. The summed E-state index contributed by atoms with van der Waals surface area (Å²) in [6.45, 7) is 0. The summed E-state index contributed by atoms with van der Waals surface area (Å²) in [6.07, 6.45) is 5.49. The van der Waals surface area contributed by atoms with Crippen LogP contribution in [0.2, 0.25) is 0 Å². The highest BCUT2D eigenvalue weighted by Gasteiger charge is 2.31. The van der Waals surface area contributed by atoms with Gasteiger partial charge in [-0.2, -0.15) is 0 Å². The van der Waals surface area contributed by atoms with Crippen molar-refractivity contribution < 1.29 is 23.1 Å². The average molecular weight is 492 g/mol. The number of nitrogens with zero attached hydrogens (tertiary/aromatic N) is 2. The van der Waals surface area contributed by atoms with Crippen LogP contribution in [0.5, 0.6) is 0 Å². The average Bonchev–Trinajstić information content (AvgIpc) is 3.36. The van der Waals surface area contributed by atoms with Gasteiger partial charge in [0, 0.05) is 41.7 Å². The Balaban J connectivity index is 1.50. The molecule has 4 N–H and O–H groups in total. The first-order chi connectivity index (χ1) is 16.8. The minimum atomic E-state index is -4.03. The number of aromatic amines is 1. The minimum absolute atomic E-state index is 0.0600. The number of anilines is 3. The standard InChI is InChI=1S/C24H21N5O5S/c30-22(31)14-21(17-4-2-10-25-15-17)35(33,34)20-8-6-18(7-9-20)28-23(32)16-3-1-5-19(13-16)29-24-26-11-12-27-24/h1-13,15,21H,14H2,(H,28,32)(H,30,31)(H2,26,27,29). The summed E-state index contributed by atoms with van der Waals surface area (Å²) in [5, 5.41) is 13.7. The summed E-state index contributed by atoms with van der Waals surface area (Å²) in [6, 6.07) is 15.5. The van der Waals surface area contributed by atoms with Crippen molar-refractivity contribution in [3.05, 3.63) is 96.6 Å². The number of amides is 1. The van der Waals surface area contributed by atoms with Crippen LogP contribution in [0, 0.1) is 0 Å². The normalized spacial score (nSPS) is 12.0. The summed E-state index contributed by atoms with van der Waals surface area (Å²) < 4.78 is 26.4. The smallest absolute Gasteiger partial charge is 0.305 e. The van der Waals surface area contributed by atoms with Crippen LogP contribution in [0.4, 0.5) is 17.3 Å². The molecule has 4 rings (SSSR count). The van der Waals surface area contributed by atoms with Crippen LogP contribution in [-0.4, -0.2) is 40.4 Å². The van der Waals surface area contributed by atoms with Crippen molar-refractivity contribution in [2.75, 3.05) is 10.6 Å². The van der Waals surface area contributed by atoms with Gasteiger partial charge in [0.15, 0.2) is 9.84 Å². The molecular weight excluding hydrogens is 470 g/mol. The van der Waals surface area contributed by atoms with E-state index in [-0.39, 0.29) is 16.4 Å². The number of H-pyrrole nitrogens is 1. The summed E-state index contributed by atoms with van der Waals surface area (Å²) >= 11 is 0. The van der Waals surface area contributed by atoms with Gasteiger partial charge in [-0.15, -0.1) is 0 Å². The molecule has 0 spiro atoms. The van der Waals surface area contributed by atoms with Gasteiger partial charge in [0.05, 0.1) is 11.3 Å². The lowest BCUT2D eigenvalue weighted by molar-refractivity contribution is -0.137. The number of aliphatic carboxylic acids is 1. The molecule has 1 atom stereocenters. The van der Waals surface area contributed by atoms with Crippen molar-refractivity contribution in [2.24, 2.45) is 0 Å². The molecular formula is C24H21N5O5S. The zero-order valence-corrected chi connectivity index (χ0v) is 19.1. The van der Waals surface area contributed by atoms with Crippen molar-refractivity contribution in [2.45, 2.75) is 16.6 Å². The van der Waals surface area contributed by atoms with Crippen molar-refractivity contribution in [3.63, 3.8) is 0 Å². The second-order valence-electron chi connectivity index (χ2n) is 7.54. The molecule has 2 heterocycles. The number of aromatic nitrogens is 3. The molecule has 2 aromatic carbocycles. The highest BCUT2D eigenvalue weighted by molar-refractivity contribution is 7.91. The number of nitrogens with one attached hydrogen (secondary N) is 3. The predicted octanol–water partition coefficient (Wildman–Crippen LogP) is 3.79. The lowest BCUT2D eigenvalue weighted by atomic mass is 10.1. The molecule has 0 saturated heterocycles. The minimum Gasteiger partial charge on any atom is -0.481 e. The third kappa shape index (κ3) is 5.71. The molecule has 11 heteroatoms. The van der Waals surface area contributed by atoms with Crippen LogP contribution in [0.25, 0.3) is 0 Å².